The summed E-state index contributed by atoms with van der Waals surface area (Å²) in [5.41, 5.74) is 13.9. The molecule has 5 N–H and O–H groups in total. The van der Waals surface area contributed by atoms with Crippen LogP contribution >= 0.6 is 79.6 Å². The van der Waals surface area contributed by atoms with Crippen molar-refractivity contribution in [3.8, 4) is 11.5 Å². The first-order valence-electron chi connectivity index (χ1n) is 36.5. The maximum atomic E-state index is 12.5. The van der Waals surface area contributed by atoms with Crippen LogP contribution in [0.25, 0.3) is 0 Å². The van der Waals surface area contributed by atoms with Gasteiger partial charge >= 0.3 is 24.8 Å². The molecule has 1 saturated heterocycles. The molecule has 2 amide bonds. The molecule has 1 aliphatic heterocycles. The van der Waals surface area contributed by atoms with Crippen molar-refractivity contribution in [2.24, 2.45) is 5.73 Å². The summed E-state index contributed by atoms with van der Waals surface area (Å²) in [6, 6.07) is 39.9. The van der Waals surface area contributed by atoms with Crippen LogP contribution in [0.2, 0.25) is 0 Å². The molecular formula is C86H104Br5ClF3LiN9O14-. The summed E-state index contributed by atoms with van der Waals surface area (Å²) < 4.78 is 52.0. The van der Waals surface area contributed by atoms with Crippen molar-refractivity contribution in [2.75, 3.05) is 69.8 Å². The summed E-state index contributed by atoms with van der Waals surface area (Å²) in [5.74, 6) is -0.610. The van der Waals surface area contributed by atoms with Gasteiger partial charge in [-0.25, -0.2) is 33.6 Å². The number of rotatable bonds is 21. The van der Waals surface area contributed by atoms with Crippen molar-refractivity contribution in [3.63, 3.8) is 0 Å². The van der Waals surface area contributed by atoms with E-state index < -0.39 is 11.8 Å². The number of ketones is 3. The number of aromatic nitrogens is 4. The number of carbonyl (C=O) groups is 7. The number of aromatic carboxylic acids is 1. The van der Waals surface area contributed by atoms with E-state index in [1.54, 1.807) is 65.3 Å². The number of nitrogens with zero attached hydrogens (tertiary/aromatic N) is 7. The number of unbranched alkanes of at least 4 members (excludes halogenated alkanes) is 1. The van der Waals surface area contributed by atoms with Crippen molar-refractivity contribution in [1.29, 1.82) is 0 Å². The zero-order chi connectivity index (χ0) is 87.6. The maximum absolute atomic E-state index is 12.5. The fourth-order valence-corrected chi connectivity index (χ4v) is 11.7. The molecule has 1 saturated carbocycles. The molecule has 119 heavy (non-hydrogen) atoms. The third kappa shape index (κ3) is 49.6. The Kier molecular flexibility index (Phi) is 64.5. The molecule has 23 nitrogen and oxygen atoms in total. The third-order valence-electron chi connectivity index (χ3n) is 16.0. The number of aliphatic hydroxyl groups is 1. The van der Waals surface area contributed by atoms with Crippen LogP contribution in [0.4, 0.5) is 13.2 Å². The zero-order valence-electron chi connectivity index (χ0n) is 68.8. The number of halogens is 9. The number of carboxylic acids is 1. The van der Waals surface area contributed by atoms with Gasteiger partial charge in [0.15, 0.2) is 11.6 Å². The number of hydrogen-bond donors (Lipinski definition) is 4. The van der Waals surface area contributed by atoms with Gasteiger partial charge in [0.2, 0.25) is 0 Å². The van der Waals surface area contributed by atoms with Gasteiger partial charge in [0.25, 0.3) is 11.8 Å². The number of nitrogens with two attached hydrogens (primary N) is 1. The number of methoxy groups -OCH3 is 2. The third-order valence-corrected chi connectivity index (χ3v) is 18.2. The Morgan fingerprint density at radius 3 is 1.27 bits per heavy atom. The van der Waals surface area contributed by atoms with Crippen LogP contribution < -0.4 is 52.0 Å². The molecule has 0 unspecified atom stereocenters. The van der Waals surface area contributed by atoms with E-state index in [0.717, 1.165) is 107 Å². The number of ether oxygens (including phenoxy) is 2. The molecule has 642 valence electrons. The predicted molar refractivity (Wildman–Crippen MR) is 466 cm³/mol. The minimum absolute atomic E-state index is 0. The fourth-order valence-electron chi connectivity index (χ4n) is 9.51. The second-order valence-corrected chi connectivity index (χ2v) is 29.2. The maximum Gasteiger partial charge on any atom is 1.00 e. The first-order chi connectivity index (χ1) is 55.9. The number of aliphatic hydroxyl groups excluding tert-OH is 1. The van der Waals surface area contributed by atoms with Crippen molar-refractivity contribution < 1.29 is 112 Å². The molecule has 0 spiro atoms. The Morgan fingerprint density at radius 2 is 0.958 bits per heavy atom. The Bertz CT molecular complexity index is 4230. The van der Waals surface area contributed by atoms with Crippen LogP contribution in [0.15, 0.2) is 218 Å². The summed E-state index contributed by atoms with van der Waals surface area (Å²) in [6.45, 7) is 11.1. The Morgan fingerprint density at radius 1 is 0.588 bits per heavy atom. The number of amides is 2. The van der Waals surface area contributed by atoms with Gasteiger partial charge in [0.1, 0.15) is 41.0 Å². The Hall–Kier alpha value is -7.81. The molecule has 3 atom stereocenters. The second kappa shape index (κ2) is 67.8. The predicted octanol–water partition coefficient (Wildman–Crippen LogP) is 13.8. The van der Waals surface area contributed by atoms with E-state index in [1.807, 2.05) is 61.8 Å². The quantitative estimate of drug-likeness (QED) is 0.0171. The van der Waals surface area contributed by atoms with Gasteiger partial charge in [-0.1, -0.05) is 37.6 Å². The average molecular weight is 1990 g/mol. The summed E-state index contributed by atoms with van der Waals surface area (Å²) in [5, 5.41) is 19.0. The molecule has 2 aliphatic rings. The number of aldehydes is 1. The normalized spacial score (nSPS) is 12.2. The molecule has 4 aromatic heterocycles. The molecule has 0 bridgehead atoms. The van der Waals surface area contributed by atoms with E-state index in [4.69, 9.17) is 25.4 Å². The van der Waals surface area contributed by atoms with Gasteiger partial charge in [0.05, 0.1) is 41.1 Å². The molecule has 0 radical (unpaired) electrons. The largest absolute Gasteiger partial charge is 1.00 e. The second-order valence-electron chi connectivity index (χ2n) is 24.6. The first-order valence-corrected chi connectivity index (χ1v) is 40.5. The number of hydroxylamine groups is 5. The molecule has 33 heteroatoms. The van der Waals surface area contributed by atoms with Gasteiger partial charge in [-0.3, -0.25) is 58.5 Å². The summed E-state index contributed by atoms with van der Waals surface area (Å²) in [4.78, 5) is 108. The van der Waals surface area contributed by atoms with Gasteiger partial charge in [0, 0.05) is 172 Å². The monoisotopic (exact) mass is 1980 g/mol. The van der Waals surface area contributed by atoms with E-state index in [0.29, 0.717) is 53.0 Å². The molecule has 1 aliphatic carbocycles. The number of pyridine rings is 4. The molecular weight excluding hydrogens is 1880 g/mol. The summed E-state index contributed by atoms with van der Waals surface area (Å²) in [7, 11) is 12.4. The van der Waals surface area contributed by atoms with E-state index in [9.17, 15) is 46.7 Å². The first kappa shape index (κ1) is 113. The van der Waals surface area contributed by atoms with Crippen LogP contribution in [0.1, 0.15) is 184 Å². The number of benzene rings is 5. The number of carboxylic acid groups (broad SMARTS) is 1. The molecule has 5 aromatic carbocycles. The zero-order valence-corrected chi connectivity index (χ0v) is 77.5. The minimum atomic E-state index is -1.04. The van der Waals surface area contributed by atoms with E-state index in [-0.39, 0.29) is 97.3 Å². The van der Waals surface area contributed by atoms with E-state index in [1.165, 1.54) is 132 Å². The summed E-state index contributed by atoms with van der Waals surface area (Å²) in [6.07, 6.45) is 24.4. The van der Waals surface area contributed by atoms with Crippen LogP contribution in [0.5, 0.6) is 11.5 Å². The molecule has 2 fully saturated rings. The van der Waals surface area contributed by atoms with Crippen molar-refractivity contribution in [2.45, 2.75) is 116 Å². The molecule has 11 rings (SSSR count). The SMILES string of the molecule is Brc1cncc(Br)c1.CNOC.CON(C)C(=O)c1ccc(F)cc1.CON(C)C(=O)c1ccc(F)cc1.COc1ccc([C@@H](C)N)cc1.COc1ccc([C@@H](C)N2CCC[C@H]2c2cncc(Br)c2)cc1.O=C(CCCO)c1cncc(Br)c1.O=C(O)c1ccc(F)cc1.O=C1CCCC1.O=CCCC(=O)c1cncc(Br)c1.[CH2-]CCC.[Cl-].[Li+]. The number of hydrogen-bond acceptors (Lipinski definition) is 20. The van der Waals surface area contributed by atoms with Crippen LogP contribution in [0, 0.1) is 24.4 Å². The van der Waals surface area contributed by atoms with Gasteiger partial charge in [-0.15, -0.1) is 0 Å². The van der Waals surface area contributed by atoms with E-state index in [2.05, 4.69) is 163 Å². The number of likely N-dealkylation sites (tertiary alicyclic amines) is 1. The topological polar surface area (TPSA) is 305 Å². The van der Waals surface area contributed by atoms with Gasteiger partial charge < -0.3 is 54.4 Å². The van der Waals surface area contributed by atoms with Crippen LogP contribution in [-0.4, -0.2) is 156 Å². The van der Waals surface area contributed by atoms with Crippen molar-refractivity contribution in [1.82, 2.24) is 40.4 Å². The number of Topliss-reactive ketones (excluding diaryl/α,β-unsaturated/α-hetero) is 3. The van der Waals surface area contributed by atoms with E-state index >= 15 is 0 Å². The smallest absolute Gasteiger partial charge is 1.00 e. The fraction of sp³-hybridized carbons (Fsp3) is 0.326. The van der Waals surface area contributed by atoms with Crippen LogP contribution in [-0.2, 0) is 24.1 Å². The number of nitrogens with one attached hydrogen (secondary N) is 1. The standard InChI is InChI=1S/C18H21BrN2O.C9H10BrNO2.C9H8BrNO2.2C9H10FNO2.C9H13NO.C7H5FO2.C5H3Br2N.C5H8O.C4H9.C2H7NO.ClH.Li/c1-13(14-5-7-17(22-2)8-6-14)21-9-3-4-18(21)15-10-16(19)12-20-11-15;2*10-8-4-7(5-11-6-8)9(13)2-1-3-12;2*1-11(13-2)9(12)7-3-5-8(10)6-4-7;1-7(10)8-3-5-9(11-2)6-4-8;8-6-3-1-5(2-4-6)7(9)10;6-4-1-5(7)3-8-2-4;6-5-3-1-2-4-5;2*1-3-4-2;;/h5-8,10-13,18H,3-4,9H2,1-2H3;4-6,12H,1-3H2;3-6H,1-2H2;2*3-6H,1-2H3;3-7H,10H2,1-2H3;1-4H,(H,9,10);1-3H;1-4H2;1,3-4H2,2H3;3H,1-2H3;1H;/q;;;;;;;;;-1;;;+1/p-1/t13-,18+;;;;;7-;;;;;;;/m1....1......./s1. The van der Waals surface area contributed by atoms with Gasteiger partial charge in [-0.2, -0.15) is 6.42 Å². The van der Waals surface area contributed by atoms with Crippen molar-refractivity contribution in [3.05, 3.63) is 286 Å². The van der Waals surface area contributed by atoms with Crippen molar-refractivity contribution >= 4 is 121 Å². The number of carbonyl (C=O) groups excluding carboxylic acids is 6. The minimum Gasteiger partial charge on any atom is -1.00 e. The van der Waals surface area contributed by atoms with Crippen LogP contribution in [0.3, 0.4) is 0 Å². The Labute approximate surface area is 757 Å². The van der Waals surface area contributed by atoms with Gasteiger partial charge in [-0.05, 0) is 270 Å². The Balaban J connectivity index is 0. The average Bonchev–Trinajstić information content (AvgIpc) is 1.70. The summed E-state index contributed by atoms with van der Waals surface area (Å²) >= 11 is 16.5. The molecule has 9 aromatic rings. The molecule has 5 heterocycles.